The van der Waals surface area contributed by atoms with Crippen molar-refractivity contribution in [1.82, 2.24) is 16.0 Å². The second kappa shape index (κ2) is 12.2. The van der Waals surface area contributed by atoms with Crippen molar-refractivity contribution in [3.05, 3.63) is 76.4 Å². The minimum atomic E-state index is -5.59. The molecule has 1 fully saturated rings. The van der Waals surface area contributed by atoms with E-state index in [1.165, 1.54) is 5.01 Å². The normalized spacial score (nSPS) is 15.7. The topological polar surface area (TPSA) is 122 Å². The molecule has 18 heteroatoms. The summed E-state index contributed by atoms with van der Waals surface area (Å²) in [6.45, 7) is 3.05. The third-order valence-electron chi connectivity index (χ3n) is 6.52. The summed E-state index contributed by atoms with van der Waals surface area (Å²) in [5, 5.41) is 1.24. The number of amides is 2. The number of piperidine rings is 1. The standard InChI is InChI=1S/C25H23F9N4O4S/c1-2-9-43(41,42)20-18(11-15(24(29,30)31)12-19(20)25(32,33)34)22(40)36-37-38-7-5-13(6-8-38)17-10-14(23(26,27)28)3-4-16(17)21(35)39/h2-4,10-13,37H,1,5-9H2,(H2,35,39)(H,36,40). The summed E-state index contributed by atoms with van der Waals surface area (Å²) in [5.41, 5.74) is 2.81. The zero-order valence-corrected chi connectivity index (χ0v) is 22.6. The highest BCUT2D eigenvalue weighted by Gasteiger charge is 2.43. The first kappa shape index (κ1) is 33.9. The van der Waals surface area contributed by atoms with Crippen LogP contribution in [-0.2, 0) is 28.4 Å². The van der Waals surface area contributed by atoms with Crippen molar-refractivity contribution in [2.75, 3.05) is 18.8 Å². The maximum absolute atomic E-state index is 13.7. The van der Waals surface area contributed by atoms with E-state index in [4.69, 9.17) is 5.73 Å². The number of halogens is 9. The molecule has 4 N–H and O–H groups in total. The largest absolute Gasteiger partial charge is 0.417 e. The molecule has 0 aromatic heterocycles. The summed E-state index contributed by atoms with van der Waals surface area (Å²) >= 11 is 0. The van der Waals surface area contributed by atoms with Crippen LogP contribution >= 0.6 is 0 Å². The summed E-state index contributed by atoms with van der Waals surface area (Å²) in [4.78, 5) is 23.0. The molecule has 8 nitrogen and oxygen atoms in total. The number of primary amides is 1. The predicted octanol–water partition coefficient (Wildman–Crippen LogP) is 4.83. The fourth-order valence-corrected chi connectivity index (χ4v) is 6.02. The highest BCUT2D eigenvalue weighted by atomic mass is 32.2. The first-order chi connectivity index (χ1) is 19.7. The molecule has 43 heavy (non-hydrogen) atoms. The molecule has 0 unspecified atom stereocenters. The van der Waals surface area contributed by atoms with Gasteiger partial charge in [-0.15, -0.1) is 6.58 Å². The van der Waals surface area contributed by atoms with Crippen LogP contribution in [0.3, 0.4) is 0 Å². The Bertz CT molecular complexity index is 1510. The Kier molecular flexibility index (Phi) is 9.57. The van der Waals surface area contributed by atoms with Gasteiger partial charge in [0, 0.05) is 18.7 Å². The van der Waals surface area contributed by atoms with Gasteiger partial charge in [-0.3, -0.25) is 15.0 Å². The van der Waals surface area contributed by atoms with Crippen LogP contribution in [0.2, 0.25) is 0 Å². The van der Waals surface area contributed by atoms with Crippen LogP contribution in [0.5, 0.6) is 0 Å². The van der Waals surface area contributed by atoms with E-state index in [-0.39, 0.29) is 43.1 Å². The van der Waals surface area contributed by atoms with Gasteiger partial charge in [-0.25, -0.2) is 13.4 Å². The zero-order valence-electron chi connectivity index (χ0n) is 21.8. The lowest BCUT2D eigenvalue weighted by Crippen LogP contribution is -2.52. The zero-order chi connectivity index (χ0) is 32.5. The number of carbonyl (C=O) groups is 2. The van der Waals surface area contributed by atoms with Crippen LogP contribution in [0.15, 0.2) is 47.9 Å². The van der Waals surface area contributed by atoms with Gasteiger partial charge in [0.15, 0.2) is 9.84 Å². The second-order valence-electron chi connectivity index (χ2n) is 9.46. The number of hydrogen-bond donors (Lipinski definition) is 3. The molecule has 0 saturated carbocycles. The van der Waals surface area contributed by atoms with Gasteiger partial charge < -0.3 is 5.73 Å². The molecule has 0 spiro atoms. The van der Waals surface area contributed by atoms with E-state index in [9.17, 15) is 57.5 Å². The quantitative estimate of drug-likeness (QED) is 0.215. The third-order valence-corrected chi connectivity index (χ3v) is 8.26. The molecule has 1 aliphatic heterocycles. The Morgan fingerprint density at radius 1 is 0.907 bits per heavy atom. The van der Waals surface area contributed by atoms with Gasteiger partial charge in [0.05, 0.1) is 32.9 Å². The predicted molar refractivity (Wildman–Crippen MR) is 133 cm³/mol. The second-order valence-corrected chi connectivity index (χ2v) is 11.4. The van der Waals surface area contributed by atoms with E-state index in [2.05, 4.69) is 12.1 Å². The average Bonchev–Trinajstić information content (AvgIpc) is 2.89. The van der Waals surface area contributed by atoms with Gasteiger partial charge in [-0.1, -0.05) is 6.08 Å². The Morgan fingerprint density at radius 2 is 1.49 bits per heavy atom. The van der Waals surface area contributed by atoms with Gasteiger partial charge in [-0.05, 0) is 54.7 Å². The Balaban J connectivity index is 1.87. The number of alkyl halides is 9. The number of nitrogens with one attached hydrogen (secondary N) is 2. The Hall–Kier alpha value is -3.64. The third kappa shape index (κ3) is 7.85. The Morgan fingerprint density at radius 3 is 1.98 bits per heavy atom. The molecule has 236 valence electrons. The highest BCUT2D eigenvalue weighted by Crippen LogP contribution is 2.41. The lowest BCUT2D eigenvalue weighted by atomic mass is 9.85. The number of hydrogen-bond acceptors (Lipinski definition) is 6. The summed E-state index contributed by atoms with van der Waals surface area (Å²) in [5.74, 6) is -4.33. The molecule has 2 aromatic carbocycles. The highest BCUT2D eigenvalue weighted by molar-refractivity contribution is 7.91. The van der Waals surface area contributed by atoms with Crippen molar-refractivity contribution < 1.29 is 57.5 Å². The van der Waals surface area contributed by atoms with Gasteiger partial charge >= 0.3 is 18.5 Å². The number of sulfone groups is 1. The van der Waals surface area contributed by atoms with Crippen LogP contribution in [-0.4, -0.2) is 44.1 Å². The van der Waals surface area contributed by atoms with E-state index >= 15 is 0 Å². The minimum absolute atomic E-state index is 0.0204. The number of nitrogens with two attached hydrogens (primary N) is 1. The minimum Gasteiger partial charge on any atom is -0.366 e. The smallest absolute Gasteiger partial charge is 0.366 e. The molecule has 0 bridgehead atoms. The van der Waals surface area contributed by atoms with E-state index in [0.29, 0.717) is 12.1 Å². The van der Waals surface area contributed by atoms with Gasteiger partial charge in [0.25, 0.3) is 5.91 Å². The maximum Gasteiger partial charge on any atom is 0.417 e. The average molecular weight is 647 g/mol. The fraction of sp³-hybridized carbons (Fsp3) is 0.360. The van der Waals surface area contributed by atoms with Crippen molar-refractivity contribution in [1.29, 1.82) is 0 Å². The SMILES string of the molecule is C=CCS(=O)(=O)c1c(C(=O)NNN2CCC(c3cc(C(F)(F)F)ccc3C(N)=O)CC2)cc(C(F)(F)F)cc1C(F)(F)F. The van der Waals surface area contributed by atoms with Gasteiger partial charge in [0.1, 0.15) is 0 Å². The Labute approximate surface area is 238 Å². The van der Waals surface area contributed by atoms with Gasteiger partial charge in [-0.2, -0.15) is 45.0 Å². The molecule has 0 atom stereocenters. The molecule has 0 radical (unpaired) electrons. The molecule has 2 aromatic rings. The van der Waals surface area contributed by atoms with E-state index in [1.54, 1.807) is 0 Å². The number of nitrogens with zero attached hydrogens (tertiary/aromatic N) is 1. The molecule has 0 aliphatic carbocycles. The lowest BCUT2D eigenvalue weighted by molar-refractivity contribution is -0.144. The van der Waals surface area contributed by atoms with Crippen molar-refractivity contribution in [2.45, 2.75) is 42.2 Å². The van der Waals surface area contributed by atoms with Crippen LogP contribution in [0.1, 0.15) is 61.7 Å². The van der Waals surface area contributed by atoms with E-state index in [0.717, 1.165) is 12.1 Å². The van der Waals surface area contributed by atoms with Gasteiger partial charge in [0.2, 0.25) is 5.91 Å². The molecular formula is C25H23F9N4O4S. The molecular weight excluding hydrogens is 623 g/mol. The lowest BCUT2D eigenvalue weighted by Gasteiger charge is -2.33. The monoisotopic (exact) mass is 646 g/mol. The number of rotatable bonds is 8. The maximum atomic E-state index is 13.7. The van der Waals surface area contributed by atoms with Crippen molar-refractivity contribution >= 4 is 21.7 Å². The van der Waals surface area contributed by atoms with Crippen molar-refractivity contribution in [2.24, 2.45) is 5.73 Å². The van der Waals surface area contributed by atoms with Crippen molar-refractivity contribution in [3.63, 3.8) is 0 Å². The molecule has 1 saturated heterocycles. The van der Waals surface area contributed by atoms with Crippen LogP contribution in [0.4, 0.5) is 39.5 Å². The summed E-state index contributed by atoms with van der Waals surface area (Å²) in [7, 11) is -4.99. The number of benzene rings is 2. The molecule has 1 heterocycles. The fourth-order valence-electron chi connectivity index (χ4n) is 4.55. The summed E-state index contributed by atoms with van der Waals surface area (Å²) in [6, 6.07) is 2.03. The molecule has 1 aliphatic rings. The number of carbonyl (C=O) groups excluding carboxylic acids is 2. The van der Waals surface area contributed by atoms with Crippen LogP contribution in [0.25, 0.3) is 0 Å². The first-order valence-corrected chi connectivity index (χ1v) is 13.8. The summed E-state index contributed by atoms with van der Waals surface area (Å²) < 4.78 is 147. The first-order valence-electron chi connectivity index (χ1n) is 12.1. The molecule has 3 rings (SSSR count). The van der Waals surface area contributed by atoms with E-state index in [1.807, 2.05) is 5.43 Å². The number of hydrazine groups is 2. The van der Waals surface area contributed by atoms with Crippen LogP contribution in [0, 0.1) is 0 Å². The summed E-state index contributed by atoms with van der Waals surface area (Å²) in [6.07, 6.45) is -14.8. The van der Waals surface area contributed by atoms with E-state index < -0.39 is 85.1 Å². The molecule has 2 amide bonds. The van der Waals surface area contributed by atoms with Crippen molar-refractivity contribution in [3.8, 4) is 0 Å². The van der Waals surface area contributed by atoms with Crippen LogP contribution < -0.4 is 16.7 Å².